The predicted molar refractivity (Wildman–Crippen MR) is 74.5 cm³/mol. The molecule has 0 atom stereocenters. The molecule has 1 aliphatic carbocycles. The molecule has 1 amide bonds. The lowest BCUT2D eigenvalue weighted by molar-refractivity contribution is -0.122. The summed E-state index contributed by atoms with van der Waals surface area (Å²) in [6.45, 7) is 1.97. The van der Waals surface area contributed by atoms with Crippen molar-refractivity contribution >= 4 is 11.6 Å². The molecule has 0 unspecified atom stereocenters. The maximum absolute atomic E-state index is 11.1. The van der Waals surface area contributed by atoms with Crippen LogP contribution in [0.15, 0.2) is 18.2 Å². The van der Waals surface area contributed by atoms with Gasteiger partial charge in [0.15, 0.2) is 0 Å². The topological polar surface area (TPSA) is 78.9 Å². The molecule has 2 rings (SSSR count). The molecule has 0 heterocycles. The van der Waals surface area contributed by atoms with Crippen molar-refractivity contribution in [2.24, 2.45) is 11.7 Å². The van der Waals surface area contributed by atoms with Crippen LogP contribution in [0.3, 0.4) is 0 Å². The Morgan fingerprint density at radius 3 is 2.63 bits per heavy atom. The van der Waals surface area contributed by atoms with Gasteiger partial charge >= 0.3 is 0 Å². The lowest BCUT2D eigenvalue weighted by atomic mass is 9.85. The minimum atomic E-state index is -0.188. The van der Waals surface area contributed by atoms with Gasteiger partial charge in [-0.15, -0.1) is 0 Å². The second-order valence-electron chi connectivity index (χ2n) is 5.26. The van der Waals surface area contributed by atoms with E-state index < -0.39 is 0 Å². The van der Waals surface area contributed by atoms with Crippen molar-refractivity contribution < 1.29 is 4.79 Å². The van der Waals surface area contributed by atoms with Crippen molar-refractivity contribution in [2.75, 3.05) is 5.32 Å². The van der Waals surface area contributed by atoms with Gasteiger partial charge in [-0.3, -0.25) is 4.79 Å². The van der Waals surface area contributed by atoms with E-state index in [0.29, 0.717) is 11.6 Å². The monoisotopic (exact) mass is 257 g/mol. The highest BCUT2D eigenvalue weighted by Gasteiger charge is 2.24. The van der Waals surface area contributed by atoms with Gasteiger partial charge in [-0.25, -0.2) is 0 Å². The highest BCUT2D eigenvalue weighted by molar-refractivity contribution is 5.76. The van der Waals surface area contributed by atoms with Crippen LogP contribution in [0.5, 0.6) is 0 Å². The van der Waals surface area contributed by atoms with E-state index in [2.05, 4.69) is 11.4 Å². The Balaban J connectivity index is 2.00. The summed E-state index contributed by atoms with van der Waals surface area (Å²) in [7, 11) is 0. The fourth-order valence-corrected chi connectivity index (χ4v) is 2.62. The van der Waals surface area contributed by atoms with Crippen molar-refractivity contribution in [3.63, 3.8) is 0 Å². The molecular formula is C15H19N3O. The summed E-state index contributed by atoms with van der Waals surface area (Å²) in [6, 6.07) is 8.38. The Morgan fingerprint density at radius 1 is 1.37 bits per heavy atom. The van der Waals surface area contributed by atoms with Crippen LogP contribution in [-0.4, -0.2) is 11.9 Å². The number of rotatable bonds is 3. The van der Waals surface area contributed by atoms with Crippen molar-refractivity contribution in [2.45, 2.75) is 38.6 Å². The van der Waals surface area contributed by atoms with Crippen LogP contribution in [0.4, 0.5) is 5.69 Å². The number of nitrogens with two attached hydrogens (primary N) is 1. The summed E-state index contributed by atoms with van der Waals surface area (Å²) in [5.41, 5.74) is 7.97. The molecule has 0 radical (unpaired) electrons. The zero-order valence-electron chi connectivity index (χ0n) is 11.1. The average molecular weight is 257 g/mol. The van der Waals surface area contributed by atoms with Crippen molar-refractivity contribution in [1.82, 2.24) is 0 Å². The number of hydrogen-bond donors (Lipinski definition) is 2. The summed E-state index contributed by atoms with van der Waals surface area (Å²) in [5.74, 6) is -0.169. The minimum absolute atomic E-state index is 0.0199. The summed E-state index contributed by atoms with van der Waals surface area (Å²) in [6.07, 6.45) is 3.51. The third-order valence-corrected chi connectivity index (χ3v) is 3.78. The van der Waals surface area contributed by atoms with Gasteiger partial charge in [0, 0.05) is 12.0 Å². The molecule has 1 aliphatic rings. The van der Waals surface area contributed by atoms with E-state index in [0.717, 1.165) is 36.9 Å². The summed E-state index contributed by atoms with van der Waals surface area (Å²) in [5, 5.41) is 12.5. The minimum Gasteiger partial charge on any atom is -0.381 e. The highest BCUT2D eigenvalue weighted by Crippen LogP contribution is 2.27. The van der Waals surface area contributed by atoms with Crippen LogP contribution in [0.1, 0.15) is 36.8 Å². The number of amides is 1. The fraction of sp³-hybridized carbons (Fsp3) is 0.467. The number of nitriles is 1. The third-order valence-electron chi connectivity index (χ3n) is 3.78. The number of aryl methyl sites for hydroxylation is 1. The maximum Gasteiger partial charge on any atom is 0.220 e. The van der Waals surface area contributed by atoms with E-state index in [9.17, 15) is 4.79 Å². The largest absolute Gasteiger partial charge is 0.381 e. The number of nitrogens with zero attached hydrogens (tertiary/aromatic N) is 1. The van der Waals surface area contributed by atoms with E-state index >= 15 is 0 Å². The lowest BCUT2D eigenvalue weighted by Gasteiger charge is -2.28. The van der Waals surface area contributed by atoms with E-state index in [1.165, 1.54) is 0 Å². The lowest BCUT2D eigenvalue weighted by Crippen LogP contribution is -2.32. The summed E-state index contributed by atoms with van der Waals surface area (Å²) < 4.78 is 0. The molecule has 0 aromatic heterocycles. The number of benzene rings is 1. The number of primary amides is 1. The SMILES string of the molecule is Cc1ccc(NC2CCC(C(N)=O)CC2)c(C#N)c1. The summed E-state index contributed by atoms with van der Waals surface area (Å²) in [4.78, 5) is 11.1. The van der Waals surface area contributed by atoms with E-state index in [1.807, 2.05) is 25.1 Å². The van der Waals surface area contributed by atoms with Gasteiger partial charge in [0.05, 0.1) is 11.3 Å². The molecule has 1 saturated carbocycles. The molecule has 100 valence electrons. The zero-order chi connectivity index (χ0) is 13.8. The third kappa shape index (κ3) is 3.25. The zero-order valence-corrected chi connectivity index (χ0v) is 11.1. The molecule has 1 fully saturated rings. The summed E-state index contributed by atoms with van der Waals surface area (Å²) >= 11 is 0. The Morgan fingerprint density at radius 2 is 2.05 bits per heavy atom. The van der Waals surface area contributed by atoms with Crippen LogP contribution in [0, 0.1) is 24.2 Å². The molecule has 0 bridgehead atoms. The van der Waals surface area contributed by atoms with Gasteiger partial charge in [0.25, 0.3) is 0 Å². The molecule has 3 N–H and O–H groups in total. The second kappa shape index (κ2) is 5.75. The molecule has 4 nitrogen and oxygen atoms in total. The Hall–Kier alpha value is -2.02. The van der Waals surface area contributed by atoms with Gasteiger partial charge < -0.3 is 11.1 Å². The number of anilines is 1. The maximum atomic E-state index is 11.1. The predicted octanol–water partition coefficient (Wildman–Crippen LogP) is 2.32. The Labute approximate surface area is 113 Å². The molecule has 0 aliphatic heterocycles. The van der Waals surface area contributed by atoms with Crippen LogP contribution in [0.2, 0.25) is 0 Å². The van der Waals surface area contributed by atoms with Crippen molar-refractivity contribution in [1.29, 1.82) is 5.26 Å². The van der Waals surface area contributed by atoms with E-state index in [4.69, 9.17) is 11.0 Å². The molecule has 1 aromatic carbocycles. The molecule has 4 heteroatoms. The molecule has 0 saturated heterocycles. The number of hydrogen-bond acceptors (Lipinski definition) is 3. The van der Waals surface area contributed by atoms with Gasteiger partial charge in [0.1, 0.15) is 6.07 Å². The van der Waals surface area contributed by atoms with Crippen LogP contribution < -0.4 is 11.1 Å². The van der Waals surface area contributed by atoms with Crippen LogP contribution >= 0.6 is 0 Å². The smallest absolute Gasteiger partial charge is 0.220 e. The number of carbonyl (C=O) groups is 1. The van der Waals surface area contributed by atoms with Crippen LogP contribution in [0.25, 0.3) is 0 Å². The van der Waals surface area contributed by atoms with Crippen LogP contribution in [-0.2, 0) is 4.79 Å². The van der Waals surface area contributed by atoms with Gasteiger partial charge in [0.2, 0.25) is 5.91 Å². The van der Waals surface area contributed by atoms with Gasteiger partial charge in [-0.2, -0.15) is 5.26 Å². The molecule has 19 heavy (non-hydrogen) atoms. The fourth-order valence-electron chi connectivity index (χ4n) is 2.62. The second-order valence-corrected chi connectivity index (χ2v) is 5.26. The van der Waals surface area contributed by atoms with E-state index in [-0.39, 0.29) is 11.8 Å². The van der Waals surface area contributed by atoms with Gasteiger partial charge in [-0.05, 0) is 50.3 Å². The number of nitrogens with one attached hydrogen (secondary N) is 1. The van der Waals surface area contributed by atoms with Crippen molar-refractivity contribution in [3.8, 4) is 6.07 Å². The highest BCUT2D eigenvalue weighted by atomic mass is 16.1. The average Bonchev–Trinajstić information content (AvgIpc) is 2.41. The first-order chi connectivity index (χ1) is 9.10. The first-order valence-corrected chi connectivity index (χ1v) is 6.66. The Bertz CT molecular complexity index is 511. The quantitative estimate of drug-likeness (QED) is 0.872. The first kappa shape index (κ1) is 13.4. The Kier molecular flexibility index (Phi) is 4.06. The normalized spacial score (nSPS) is 22.5. The standard InChI is InChI=1S/C15H19N3O/c1-10-2-7-14(12(8-10)9-16)18-13-5-3-11(4-6-13)15(17)19/h2,7-8,11,13,18H,3-6H2,1H3,(H2,17,19). The molecule has 1 aromatic rings. The van der Waals surface area contributed by atoms with Crippen molar-refractivity contribution in [3.05, 3.63) is 29.3 Å². The first-order valence-electron chi connectivity index (χ1n) is 6.66. The molecular weight excluding hydrogens is 238 g/mol. The number of carbonyl (C=O) groups excluding carboxylic acids is 1. The molecule has 0 spiro atoms. The van der Waals surface area contributed by atoms with E-state index in [1.54, 1.807) is 0 Å². The van der Waals surface area contributed by atoms with Gasteiger partial charge in [-0.1, -0.05) is 6.07 Å².